The lowest BCUT2D eigenvalue weighted by atomic mass is 10.0. The largest absolute Gasteiger partial charge is 0.415 e. The second-order valence-corrected chi connectivity index (χ2v) is 30.8. The summed E-state index contributed by atoms with van der Waals surface area (Å²) in [6, 6.07) is 1.45. The summed E-state index contributed by atoms with van der Waals surface area (Å²) < 4.78 is 30.5. The molecule has 0 atom stereocenters. The highest BCUT2D eigenvalue weighted by atomic mass is 32.2. The number of unbranched alkanes of at least 4 members (excludes halogenated alkanes) is 2. The third-order valence-corrected chi connectivity index (χ3v) is 23.3. The highest BCUT2D eigenvalue weighted by Crippen LogP contribution is 2.50. The molecule has 0 aromatic heterocycles. The number of nitrogens with zero attached hydrogens (tertiary/aromatic N) is 2. The molecule has 0 saturated heterocycles. The Morgan fingerprint density at radius 1 is 0.745 bits per heavy atom. The van der Waals surface area contributed by atoms with Crippen LogP contribution in [0.25, 0.3) is 0 Å². The molecule has 0 bridgehead atoms. The number of hydrogen-bond donors (Lipinski definition) is 2. The number of aliphatic hydroxyl groups is 1. The zero-order valence-electron chi connectivity index (χ0n) is 36.5. The third-order valence-electron chi connectivity index (χ3n) is 10.4. The normalized spacial score (nSPS) is 14.2. The molecule has 0 aromatic carbocycles. The van der Waals surface area contributed by atoms with Gasteiger partial charge in [-0.05, 0) is 117 Å². The maximum atomic E-state index is 12.6. The van der Waals surface area contributed by atoms with Crippen LogP contribution in [0.5, 0.6) is 0 Å². The van der Waals surface area contributed by atoms with Gasteiger partial charge in [0, 0.05) is 36.3 Å². The molecule has 0 rings (SSSR count). The van der Waals surface area contributed by atoms with Gasteiger partial charge in [-0.15, -0.1) is 0 Å². The smallest absolute Gasteiger partial charge is 0.192 e. The zero-order chi connectivity index (χ0) is 39.8. The number of ether oxygens (including phenoxy) is 1. The van der Waals surface area contributed by atoms with Crippen molar-refractivity contribution in [1.29, 1.82) is 0 Å². The van der Waals surface area contributed by atoms with Gasteiger partial charge >= 0.3 is 0 Å². The van der Waals surface area contributed by atoms with Gasteiger partial charge in [-0.25, -0.2) is 9.34 Å². The Hall–Kier alpha value is 0.564. The standard InChI is InChI=1S/C38H84N3O6PSSi2/c1-31(2)40(32(3)4)48(41(33(5)6)34(7)8)45-30-44-25-22-26-49-35(43)23-20-19-21-24-39-38(27-42,28-46-50(15,16)36(9,10)11)29-47-51(17,18)37(12,13)14/h31-34,39,42H,19-30H2,1-18H3. The maximum Gasteiger partial charge on any atom is 0.192 e. The van der Waals surface area contributed by atoms with Gasteiger partial charge in [0.05, 0.1) is 32.0 Å². The molecule has 13 heteroatoms. The number of thioether (sulfide) groups is 1. The van der Waals surface area contributed by atoms with E-state index < -0.39 is 30.6 Å². The molecular formula is C38H84N3O6PSSi2. The number of aliphatic hydroxyl groups excluding tert-OH is 1. The van der Waals surface area contributed by atoms with Gasteiger partial charge in [0.1, 0.15) is 0 Å². The van der Waals surface area contributed by atoms with Crippen molar-refractivity contribution in [3.63, 3.8) is 0 Å². The van der Waals surface area contributed by atoms with Gasteiger partial charge in [0.25, 0.3) is 0 Å². The molecule has 0 radical (unpaired) electrons. The van der Waals surface area contributed by atoms with Gasteiger partial charge in [-0.2, -0.15) is 0 Å². The first-order chi connectivity index (χ1) is 23.2. The summed E-state index contributed by atoms with van der Waals surface area (Å²) in [5.74, 6) is 0.755. The lowest BCUT2D eigenvalue weighted by Crippen LogP contribution is -2.60. The summed E-state index contributed by atoms with van der Waals surface area (Å²) in [6.07, 6.45) is 4.12. The first-order valence-electron chi connectivity index (χ1n) is 19.6. The Morgan fingerprint density at radius 3 is 1.59 bits per heavy atom. The van der Waals surface area contributed by atoms with Crippen LogP contribution in [-0.2, 0) is 22.9 Å². The summed E-state index contributed by atoms with van der Waals surface area (Å²) in [5.41, 5.74) is -0.657. The third kappa shape index (κ3) is 18.8. The Labute approximate surface area is 324 Å². The Bertz CT molecular complexity index is 895. The van der Waals surface area contributed by atoms with E-state index in [0.717, 1.165) is 38.0 Å². The molecule has 9 nitrogen and oxygen atoms in total. The van der Waals surface area contributed by atoms with Gasteiger partial charge in [0.2, 0.25) is 0 Å². The van der Waals surface area contributed by atoms with E-state index in [9.17, 15) is 9.90 Å². The lowest BCUT2D eigenvalue weighted by molar-refractivity contribution is -0.111. The van der Waals surface area contributed by atoms with Crippen molar-refractivity contribution < 1.29 is 28.0 Å². The molecule has 0 aliphatic carbocycles. The van der Waals surface area contributed by atoms with E-state index in [0.29, 0.717) is 50.4 Å². The molecule has 0 spiro atoms. The van der Waals surface area contributed by atoms with Gasteiger partial charge in [0.15, 0.2) is 37.0 Å². The van der Waals surface area contributed by atoms with Crippen molar-refractivity contribution in [2.24, 2.45) is 0 Å². The number of rotatable bonds is 27. The SMILES string of the molecule is CC(C)N(C(C)C)P(OCOCCCSC(=O)CCCCCNC(CO)(CO[Si](C)(C)C(C)(C)C)CO[Si](C)(C)C(C)(C)C)N(C(C)C)C(C)C. The minimum atomic E-state index is -2.02. The van der Waals surface area contributed by atoms with Crippen molar-refractivity contribution in [2.45, 2.75) is 195 Å². The fraction of sp³-hybridized carbons (Fsp3) is 0.974. The van der Waals surface area contributed by atoms with E-state index in [1.54, 1.807) is 0 Å². The van der Waals surface area contributed by atoms with Gasteiger partial charge < -0.3 is 28.5 Å². The molecule has 0 unspecified atom stereocenters. The van der Waals surface area contributed by atoms with Crippen LogP contribution in [0.4, 0.5) is 0 Å². The van der Waals surface area contributed by atoms with Crippen molar-refractivity contribution >= 4 is 42.0 Å². The molecule has 306 valence electrons. The Balaban J connectivity index is 4.79. The summed E-state index contributed by atoms with van der Waals surface area (Å²) in [7, 11) is -5.00. The van der Waals surface area contributed by atoms with E-state index >= 15 is 0 Å². The van der Waals surface area contributed by atoms with E-state index in [4.69, 9.17) is 18.1 Å². The van der Waals surface area contributed by atoms with Crippen LogP contribution in [-0.4, -0.2) is 111 Å². The average molecular weight is 798 g/mol. The summed E-state index contributed by atoms with van der Waals surface area (Å²) in [6.45, 7) is 42.6. The topological polar surface area (TPSA) is 92.7 Å². The predicted octanol–water partition coefficient (Wildman–Crippen LogP) is 10.0. The second-order valence-electron chi connectivity index (χ2n) is 18.4. The molecule has 0 heterocycles. The molecule has 0 amide bonds. The molecule has 2 N–H and O–H groups in total. The van der Waals surface area contributed by atoms with Crippen LogP contribution < -0.4 is 5.32 Å². The lowest BCUT2D eigenvalue weighted by Gasteiger charge is -2.45. The number of carbonyl (C=O) groups is 1. The highest BCUT2D eigenvalue weighted by Gasteiger charge is 2.43. The second kappa shape index (κ2) is 23.6. The molecule has 0 fully saturated rings. The molecule has 0 saturated carbocycles. The molecule has 51 heavy (non-hydrogen) atoms. The minimum absolute atomic E-state index is 0.0502. The molecule has 0 aromatic rings. The molecular weight excluding hydrogens is 714 g/mol. The Morgan fingerprint density at radius 2 is 1.20 bits per heavy atom. The van der Waals surface area contributed by atoms with E-state index in [-0.39, 0.29) is 28.6 Å². The molecule has 0 aliphatic heterocycles. The van der Waals surface area contributed by atoms with Crippen LogP contribution in [0.3, 0.4) is 0 Å². The molecule has 0 aliphatic rings. The summed E-state index contributed by atoms with van der Waals surface area (Å²) >= 11 is 1.41. The summed E-state index contributed by atoms with van der Waals surface area (Å²) in [5, 5.41) is 14.7. The van der Waals surface area contributed by atoms with Crippen molar-refractivity contribution in [3.05, 3.63) is 0 Å². The van der Waals surface area contributed by atoms with Crippen LogP contribution >= 0.6 is 20.2 Å². The van der Waals surface area contributed by atoms with Gasteiger partial charge in [-0.3, -0.25) is 4.79 Å². The predicted molar refractivity (Wildman–Crippen MR) is 228 cm³/mol. The number of nitrogens with one attached hydrogen (secondary N) is 1. The van der Waals surface area contributed by atoms with Crippen molar-refractivity contribution in [1.82, 2.24) is 14.7 Å². The average Bonchev–Trinajstić information content (AvgIpc) is 2.97. The van der Waals surface area contributed by atoms with Crippen LogP contribution in [0.2, 0.25) is 36.3 Å². The fourth-order valence-electron chi connectivity index (χ4n) is 5.08. The maximum absolute atomic E-state index is 12.6. The minimum Gasteiger partial charge on any atom is -0.415 e. The summed E-state index contributed by atoms with van der Waals surface area (Å²) in [4.78, 5) is 12.6. The van der Waals surface area contributed by atoms with Crippen LogP contribution in [0.1, 0.15) is 129 Å². The number of carbonyl (C=O) groups excluding carboxylic acids is 1. The Kier molecular flexibility index (Phi) is 23.9. The number of hydrogen-bond acceptors (Lipinski definition) is 10. The quantitative estimate of drug-likeness (QED) is 0.0362. The van der Waals surface area contributed by atoms with Crippen LogP contribution in [0, 0.1) is 0 Å². The van der Waals surface area contributed by atoms with E-state index in [2.05, 4.69) is 138 Å². The van der Waals surface area contributed by atoms with Crippen molar-refractivity contribution in [3.8, 4) is 0 Å². The zero-order valence-corrected chi connectivity index (χ0v) is 40.2. The van der Waals surface area contributed by atoms with Crippen molar-refractivity contribution in [2.75, 3.05) is 45.5 Å². The highest BCUT2D eigenvalue weighted by molar-refractivity contribution is 8.13. The fourth-order valence-corrected chi connectivity index (χ4v) is 10.3. The van der Waals surface area contributed by atoms with Crippen LogP contribution in [0.15, 0.2) is 0 Å². The van der Waals surface area contributed by atoms with E-state index in [1.165, 1.54) is 11.8 Å². The first-order valence-corrected chi connectivity index (χ1v) is 27.6. The first kappa shape index (κ1) is 51.6. The monoisotopic (exact) mass is 798 g/mol. The van der Waals surface area contributed by atoms with Gasteiger partial charge in [-0.1, -0.05) is 59.7 Å². The van der Waals surface area contributed by atoms with E-state index in [1.807, 2.05) is 0 Å².